The highest BCUT2D eigenvalue weighted by atomic mass is 35.5. The van der Waals surface area contributed by atoms with Gasteiger partial charge < -0.3 is 10.3 Å². The van der Waals surface area contributed by atoms with Crippen LogP contribution in [0, 0.1) is 0 Å². The zero-order chi connectivity index (χ0) is 9.84. The molecule has 1 aromatic heterocycles. The first-order valence-corrected chi connectivity index (χ1v) is 4.54. The summed E-state index contributed by atoms with van der Waals surface area (Å²) < 4.78 is 0. The molecule has 72 valence electrons. The minimum absolute atomic E-state index is 0.0443. The highest BCUT2D eigenvalue weighted by Crippen LogP contribution is 2.12. The van der Waals surface area contributed by atoms with Gasteiger partial charge in [-0.2, -0.15) is 0 Å². The summed E-state index contributed by atoms with van der Waals surface area (Å²) in [6.07, 6.45) is 1.29. The van der Waals surface area contributed by atoms with Crippen LogP contribution in [0.4, 0.5) is 5.82 Å². The number of nitrogens with zero attached hydrogens (tertiary/aromatic N) is 1. The van der Waals surface area contributed by atoms with Crippen molar-refractivity contribution in [2.75, 3.05) is 11.9 Å². The number of H-pyrrole nitrogens is 1. The van der Waals surface area contributed by atoms with E-state index in [4.69, 9.17) is 23.2 Å². The molecule has 0 radical (unpaired) electrons. The van der Waals surface area contributed by atoms with Crippen LogP contribution in [0.2, 0.25) is 5.02 Å². The number of anilines is 1. The number of halogens is 2. The number of aromatic nitrogens is 2. The average molecular weight is 222 g/mol. The Morgan fingerprint density at radius 1 is 1.77 bits per heavy atom. The summed E-state index contributed by atoms with van der Waals surface area (Å²) in [4.78, 5) is 17.2. The third-order valence-electron chi connectivity index (χ3n) is 1.35. The maximum Gasteiger partial charge on any atom is 0.271 e. The molecule has 4 nitrogen and oxygen atoms in total. The number of aromatic amines is 1. The fraction of sp³-hybridized carbons (Fsp3) is 0.429. The van der Waals surface area contributed by atoms with E-state index in [1.165, 1.54) is 6.33 Å². The second-order valence-electron chi connectivity index (χ2n) is 2.56. The lowest BCUT2D eigenvalue weighted by atomic mass is 10.4. The standard InChI is InChI=1S/C7H9Cl2N3O/c1-4(8)2-10-6-5(9)7(13)12-3-11-6/h3-4H,2H2,1H3,(H2,10,11,12,13). The fourth-order valence-corrected chi connectivity index (χ4v) is 0.991. The van der Waals surface area contributed by atoms with Gasteiger partial charge in [-0.05, 0) is 6.92 Å². The zero-order valence-electron chi connectivity index (χ0n) is 6.97. The Morgan fingerprint density at radius 2 is 2.46 bits per heavy atom. The number of rotatable bonds is 3. The molecular weight excluding hydrogens is 213 g/mol. The SMILES string of the molecule is CC(Cl)CNc1nc[nH]c(=O)c1Cl. The third kappa shape index (κ3) is 2.90. The van der Waals surface area contributed by atoms with Gasteiger partial charge in [-0.15, -0.1) is 11.6 Å². The van der Waals surface area contributed by atoms with Crippen LogP contribution >= 0.6 is 23.2 Å². The minimum Gasteiger partial charge on any atom is -0.367 e. The summed E-state index contributed by atoms with van der Waals surface area (Å²) in [5.41, 5.74) is -0.360. The summed E-state index contributed by atoms with van der Waals surface area (Å²) in [5, 5.41) is 2.87. The molecule has 0 bridgehead atoms. The van der Waals surface area contributed by atoms with Gasteiger partial charge >= 0.3 is 0 Å². The Morgan fingerprint density at radius 3 is 3.08 bits per heavy atom. The van der Waals surface area contributed by atoms with Gasteiger partial charge in [0.1, 0.15) is 5.02 Å². The third-order valence-corrected chi connectivity index (χ3v) is 1.85. The Hall–Kier alpha value is -0.740. The first kappa shape index (κ1) is 10.3. The molecule has 2 N–H and O–H groups in total. The van der Waals surface area contributed by atoms with Gasteiger partial charge in [0.25, 0.3) is 5.56 Å². The smallest absolute Gasteiger partial charge is 0.271 e. The molecule has 1 heterocycles. The number of hydrogen-bond donors (Lipinski definition) is 2. The molecule has 6 heteroatoms. The van der Waals surface area contributed by atoms with Crippen molar-refractivity contribution >= 4 is 29.0 Å². The van der Waals surface area contributed by atoms with Crippen LogP contribution in [-0.4, -0.2) is 21.9 Å². The number of hydrogen-bond acceptors (Lipinski definition) is 3. The molecule has 1 rings (SSSR count). The van der Waals surface area contributed by atoms with Crippen LogP contribution in [0.25, 0.3) is 0 Å². The first-order chi connectivity index (χ1) is 6.11. The molecule has 0 saturated heterocycles. The van der Waals surface area contributed by atoms with E-state index in [0.29, 0.717) is 12.4 Å². The van der Waals surface area contributed by atoms with Crippen molar-refractivity contribution in [1.29, 1.82) is 0 Å². The molecule has 1 aromatic rings. The molecule has 0 aromatic carbocycles. The van der Waals surface area contributed by atoms with E-state index in [1.54, 1.807) is 0 Å². The normalized spacial score (nSPS) is 12.5. The van der Waals surface area contributed by atoms with Crippen LogP contribution in [-0.2, 0) is 0 Å². The van der Waals surface area contributed by atoms with Crippen molar-refractivity contribution in [1.82, 2.24) is 9.97 Å². The van der Waals surface area contributed by atoms with Gasteiger partial charge in [-0.3, -0.25) is 4.79 Å². The van der Waals surface area contributed by atoms with Crippen molar-refractivity contribution < 1.29 is 0 Å². The van der Waals surface area contributed by atoms with Crippen LogP contribution in [0.5, 0.6) is 0 Å². The van der Waals surface area contributed by atoms with Crippen molar-refractivity contribution in [3.05, 3.63) is 21.7 Å². The van der Waals surface area contributed by atoms with Crippen molar-refractivity contribution in [2.45, 2.75) is 12.3 Å². The highest BCUT2D eigenvalue weighted by molar-refractivity contribution is 6.32. The van der Waals surface area contributed by atoms with Crippen LogP contribution in [0.15, 0.2) is 11.1 Å². The second kappa shape index (κ2) is 4.48. The van der Waals surface area contributed by atoms with Crippen molar-refractivity contribution in [3.63, 3.8) is 0 Å². The summed E-state index contributed by atoms with van der Waals surface area (Å²) >= 11 is 11.4. The monoisotopic (exact) mass is 221 g/mol. The summed E-state index contributed by atoms with van der Waals surface area (Å²) in [7, 11) is 0. The van der Waals surface area contributed by atoms with Gasteiger partial charge in [-0.1, -0.05) is 11.6 Å². The minimum atomic E-state index is -0.360. The Labute approximate surface area is 85.3 Å². The van der Waals surface area contributed by atoms with E-state index >= 15 is 0 Å². The van der Waals surface area contributed by atoms with Gasteiger partial charge in [0.05, 0.1) is 6.33 Å². The lowest BCUT2D eigenvalue weighted by Gasteiger charge is -2.06. The lowest BCUT2D eigenvalue weighted by Crippen LogP contribution is -2.16. The molecule has 0 saturated carbocycles. The molecule has 0 fully saturated rings. The molecule has 0 aliphatic heterocycles. The quantitative estimate of drug-likeness (QED) is 0.761. The summed E-state index contributed by atoms with van der Waals surface area (Å²) in [6.45, 7) is 2.34. The molecule has 0 spiro atoms. The molecule has 1 atom stereocenters. The van der Waals surface area contributed by atoms with Gasteiger partial charge in [-0.25, -0.2) is 4.98 Å². The predicted molar refractivity (Wildman–Crippen MR) is 53.7 cm³/mol. The largest absolute Gasteiger partial charge is 0.367 e. The van der Waals surface area contributed by atoms with E-state index < -0.39 is 0 Å². The number of nitrogens with one attached hydrogen (secondary N) is 2. The topological polar surface area (TPSA) is 57.8 Å². The van der Waals surface area contributed by atoms with Crippen molar-refractivity contribution in [2.24, 2.45) is 0 Å². The molecule has 1 unspecified atom stereocenters. The average Bonchev–Trinajstić information content (AvgIpc) is 2.07. The highest BCUT2D eigenvalue weighted by Gasteiger charge is 2.05. The van der Waals surface area contributed by atoms with E-state index in [-0.39, 0.29) is 16.0 Å². The fourth-order valence-electron chi connectivity index (χ4n) is 0.744. The Bertz CT molecular complexity index is 337. The maximum absolute atomic E-state index is 11.0. The van der Waals surface area contributed by atoms with E-state index in [9.17, 15) is 4.79 Å². The van der Waals surface area contributed by atoms with Gasteiger partial charge in [0.15, 0.2) is 5.82 Å². The Kier molecular flexibility index (Phi) is 3.57. The second-order valence-corrected chi connectivity index (χ2v) is 3.68. The van der Waals surface area contributed by atoms with E-state index in [0.717, 1.165) is 0 Å². The first-order valence-electron chi connectivity index (χ1n) is 3.72. The molecule has 0 amide bonds. The summed E-state index contributed by atoms with van der Waals surface area (Å²) in [5.74, 6) is 0.359. The van der Waals surface area contributed by atoms with Crippen LogP contribution < -0.4 is 10.9 Å². The van der Waals surface area contributed by atoms with Gasteiger partial charge in [0.2, 0.25) is 0 Å². The molecular formula is C7H9Cl2N3O. The van der Waals surface area contributed by atoms with E-state index in [1.807, 2.05) is 6.92 Å². The molecule has 0 aliphatic rings. The lowest BCUT2D eigenvalue weighted by molar-refractivity contribution is 0.969. The number of alkyl halides is 1. The van der Waals surface area contributed by atoms with E-state index in [2.05, 4.69) is 15.3 Å². The van der Waals surface area contributed by atoms with Crippen molar-refractivity contribution in [3.8, 4) is 0 Å². The molecule has 0 aliphatic carbocycles. The predicted octanol–water partition coefficient (Wildman–Crippen LogP) is 1.46. The van der Waals surface area contributed by atoms with Crippen LogP contribution in [0.3, 0.4) is 0 Å². The van der Waals surface area contributed by atoms with Gasteiger partial charge in [0, 0.05) is 11.9 Å². The zero-order valence-corrected chi connectivity index (χ0v) is 8.49. The Balaban J connectivity index is 2.77. The van der Waals surface area contributed by atoms with Crippen LogP contribution in [0.1, 0.15) is 6.92 Å². The maximum atomic E-state index is 11.0. The summed E-state index contributed by atoms with van der Waals surface area (Å²) in [6, 6.07) is 0. The molecule has 13 heavy (non-hydrogen) atoms.